The van der Waals surface area contributed by atoms with Gasteiger partial charge in [-0.25, -0.2) is 8.78 Å². The molecule has 3 heteroatoms. The zero-order chi connectivity index (χ0) is 15.7. The molecule has 0 radical (unpaired) electrons. The quantitative estimate of drug-likeness (QED) is 0.797. The average molecular weight is 301 g/mol. The van der Waals surface area contributed by atoms with Crippen molar-refractivity contribution < 1.29 is 8.78 Å². The Labute approximate surface area is 130 Å². The molecule has 2 aromatic rings. The largest absolute Gasteiger partial charge is 0.371 e. The van der Waals surface area contributed by atoms with Crippen LogP contribution in [0.5, 0.6) is 0 Å². The van der Waals surface area contributed by atoms with E-state index in [1.54, 1.807) is 12.1 Å². The number of anilines is 1. The lowest BCUT2D eigenvalue weighted by molar-refractivity contribution is 0.510. The van der Waals surface area contributed by atoms with Crippen LogP contribution >= 0.6 is 0 Å². The molecule has 1 aliphatic heterocycles. The summed E-state index contributed by atoms with van der Waals surface area (Å²) in [6.45, 7) is 1.90. The van der Waals surface area contributed by atoms with Gasteiger partial charge in [0, 0.05) is 18.8 Å². The normalized spacial score (nSPS) is 17.5. The zero-order valence-corrected chi connectivity index (χ0v) is 13.1. The van der Waals surface area contributed by atoms with Crippen LogP contribution in [0.2, 0.25) is 0 Å². The number of benzene rings is 2. The molecule has 22 heavy (non-hydrogen) atoms. The molecule has 0 spiro atoms. The van der Waals surface area contributed by atoms with E-state index in [4.69, 9.17) is 0 Å². The summed E-state index contributed by atoms with van der Waals surface area (Å²) in [5.74, 6) is -0.319. The standard InChI is InChI=1S/C19H21F2N/c1-13-3-4-14(18(21)11-13)6-9-17-10-7-15-5-8-16(20)12-19(15)22(17)2/h3-5,8,11-12,17H,6-7,9-10H2,1-2H3. The Morgan fingerprint density at radius 1 is 1.14 bits per heavy atom. The van der Waals surface area contributed by atoms with Crippen LogP contribution in [0.15, 0.2) is 36.4 Å². The van der Waals surface area contributed by atoms with Gasteiger partial charge in [-0.3, -0.25) is 0 Å². The minimum Gasteiger partial charge on any atom is -0.371 e. The highest BCUT2D eigenvalue weighted by Gasteiger charge is 2.23. The molecule has 2 aromatic carbocycles. The van der Waals surface area contributed by atoms with Crippen molar-refractivity contribution in [3.63, 3.8) is 0 Å². The second kappa shape index (κ2) is 6.07. The monoisotopic (exact) mass is 301 g/mol. The lowest BCUT2D eigenvalue weighted by Crippen LogP contribution is -2.36. The molecule has 0 bridgehead atoms. The second-order valence-electron chi connectivity index (χ2n) is 6.21. The van der Waals surface area contributed by atoms with Crippen LogP contribution in [0.4, 0.5) is 14.5 Å². The molecule has 0 fully saturated rings. The third-order valence-corrected chi connectivity index (χ3v) is 4.68. The maximum Gasteiger partial charge on any atom is 0.126 e. The molecule has 0 saturated heterocycles. The number of fused-ring (bicyclic) bond motifs is 1. The van der Waals surface area contributed by atoms with Crippen LogP contribution in [-0.2, 0) is 12.8 Å². The molecule has 1 atom stereocenters. The Bertz CT molecular complexity index is 681. The van der Waals surface area contributed by atoms with Crippen LogP contribution in [0.25, 0.3) is 0 Å². The van der Waals surface area contributed by atoms with E-state index < -0.39 is 0 Å². The van der Waals surface area contributed by atoms with Crippen molar-refractivity contribution >= 4 is 5.69 Å². The van der Waals surface area contributed by atoms with E-state index >= 15 is 0 Å². The summed E-state index contributed by atoms with van der Waals surface area (Å²) in [6.07, 6.45) is 3.59. The first-order valence-corrected chi connectivity index (χ1v) is 7.81. The van der Waals surface area contributed by atoms with Crippen LogP contribution < -0.4 is 4.90 Å². The summed E-state index contributed by atoms with van der Waals surface area (Å²) in [4.78, 5) is 2.15. The van der Waals surface area contributed by atoms with Crippen LogP contribution in [0, 0.1) is 18.6 Å². The van der Waals surface area contributed by atoms with Gasteiger partial charge in [0.1, 0.15) is 11.6 Å². The molecular formula is C19H21F2N. The van der Waals surface area contributed by atoms with Crippen molar-refractivity contribution in [2.75, 3.05) is 11.9 Å². The Morgan fingerprint density at radius 3 is 2.73 bits per heavy atom. The predicted molar refractivity (Wildman–Crippen MR) is 86.4 cm³/mol. The lowest BCUT2D eigenvalue weighted by atomic mass is 9.92. The molecular weight excluding hydrogens is 280 g/mol. The molecule has 116 valence electrons. The Morgan fingerprint density at radius 2 is 1.95 bits per heavy atom. The highest BCUT2D eigenvalue weighted by molar-refractivity contribution is 5.56. The van der Waals surface area contributed by atoms with Crippen molar-refractivity contribution in [2.24, 2.45) is 0 Å². The van der Waals surface area contributed by atoms with Gasteiger partial charge >= 0.3 is 0 Å². The van der Waals surface area contributed by atoms with Crippen LogP contribution in [0.1, 0.15) is 29.5 Å². The number of hydrogen-bond donors (Lipinski definition) is 0. The molecule has 1 nitrogen and oxygen atoms in total. The summed E-state index contributed by atoms with van der Waals surface area (Å²) in [5.41, 5.74) is 3.88. The topological polar surface area (TPSA) is 3.24 Å². The lowest BCUT2D eigenvalue weighted by Gasteiger charge is -2.36. The van der Waals surface area contributed by atoms with Crippen molar-refractivity contribution in [3.05, 3.63) is 64.7 Å². The summed E-state index contributed by atoms with van der Waals surface area (Å²) < 4.78 is 27.4. The SMILES string of the molecule is Cc1ccc(CCC2CCc3ccc(F)cc3N2C)c(F)c1. The first kappa shape index (κ1) is 15.0. The van der Waals surface area contributed by atoms with Gasteiger partial charge < -0.3 is 4.90 Å². The van der Waals surface area contributed by atoms with Crippen molar-refractivity contribution in [2.45, 2.75) is 38.6 Å². The maximum atomic E-state index is 13.9. The number of aryl methyl sites for hydroxylation is 3. The van der Waals surface area contributed by atoms with E-state index in [-0.39, 0.29) is 11.6 Å². The first-order valence-electron chi connectivity index (χ1n) is 7.81. The fourth-order valence-corrected chi connectivity index (χ4v) is 3.30. The van der Waals surface area contributed by atoms with E-state index in [1.165, 1.54) is 11.6 Å². The second-order valence-corrected chi connectivity index (χ2v) is 6.21. The summed E-state index contributed by atoms with van der Waals surface area (Å²) in [5, 5.41) is 0. The predicted octanol–water partition coefficient (Wildman–Crippen LogP) is 4.66. The summed E-state index contributed by atoms with van der Waals surface area (Å²) in [6, 6.07) is 10.7. The molecule has 1 aliphatic rings. The van der Waals surface area contributed by atoms with Crippen molar-refractivity contribution in [1.82, 2.24) is 0 Å². The van der Waals surface area contributed by atoms with Crippen molar-refractivity contribution in [3.8, 4) is 0 Å². The van der Waals surface area contributed by atoms with Gasteiger partial charge in [-0.15, -0.1) is 0 Å². The zero-order valence-electron chi connectivity index (χ0n) is 13.1. The highest BCUT2D eigenvalue weighted by atomic mass is 19.1. The molecule has 0 aromatic heterocycles. The number of nitrogens with zero attached hydrogens (tertiary/aromatic N) is 1. The minimum atomic E-state index is -0.198. The Kier molecular flexibility index (Phi) is 4.14. The smallest absolute Gasteiger partial charge is 0.126 e. The van der Waals surface area contributed by atoms with Gasteiger partial charge in [0.2, 0.25) is 0 Å². The van der Waals surface area contributed by atoms with Gasteiger partial charge in [-0.05, 0) is 67.5 Å². The van der Waals surface area contributed by atoms with Crippen LogP contribution in [-0.4, -0.2) is 13.1 Å². The summed E-state index contributed by atoms with van der Waals surface area (Å²) in [7, 11) is 2.01. The van der Waals surface area contributed by atoms with Gasteiger partial charge in [-0.1, -0.05) is 18.2 Å². The molecule has 0 aliphatic carbocycles. The Balaban J connectivity index is 1.71. The number of hydrogen-bond acceptors (Lipinski definition) is 1. The van der Waals surface area contributed by atoms with Gasteiger partial charge in [0.05, 0.1) is 0 Å². The van der Waals surface area contributed by atoms with E-state index in [1.807, 2.05) is 32.2 Å². The van der Waals surface area contributed by atoms with Gasteiger partial charge in [0.15, 0.2) is 0 Å². The minimum absolute atomic E-state index is 0.120. The number of halogens is 2. The summed E-state index contributed by atoms with van der Waals surface area (Å²) >= 11 is 0. The molecule has 0 N–H and O–H groups in total. The van der Waals surface area contributed by atoms with E-state index in [9.17, 15) is 8.78 Å². The third-order valence-electron chi connectivity index (χ3n) is 4.68. The third kappa shape index (κ3) is 2.99. The maximum absolute atomic E-state index is 13.9. The van der Waals surface area contributed by atoms with Gasteiger partial charge in [-0.2, -0.15) is 0 Å². The van der Waals surface area contributed by atoms with Crippen LogP contribution in [0.3, 0.4) is 0 Å². The first-order chi connectivity index (χ1) is 10.5. The molecule has 1 heterocycles. The fourth-order valence-electron chi connectivity index (χ4n) is 3.30. The van der Waals surface area contributed by atoms with E-state index in [2.05, 4.69) is 4.90 Å². The Hall–Kier alpha value is -1.90. The highest BCUT2D eigenvalue weighted by Crippen LogP contribution is 2.32. The van der Waals surface area contributed by atoms with E-state index in [0.717, 1.165) is 36.1 Å². The van der Waals surface area contributed by atoms with E-state index in [0.29, 0.717) is 12.5 Å². The average Bonchev–Trinajstić information content (AvgIpc) is 2.49. The number of rotatable bonds is 3. The molecule has 0 amide bonds. The molecule has 1 unspecified atom stereocenters. The van der Waals surface area contributed by atoms with Crippen molar-refractivity contribution in [1.29, 1.82) is 0 Å². The molecule has 0 saturated carbocycles. The fraction of sp³-hybridized carbons (Fsp3) is 0.368. The molecule has 3 rings (SSSR count). The van der Waals surface area contributed by atoms with Gasteiger partial charge in [0.25, 0.3) is 0 Å².